The van der Waals surface area contributed by atoms with Crippen LogP contribution in [0.25, 0.3) is 0 Å². The highest BCUT2D eigenvalue weighted by molar-refractivity contribution is 14.1. The Morgan fingerprint density at radius 2 is 2.32 bits per heavy atom. The van der Waals surface area contributed by atoms with Crippen molar-refractivity contribution in [2.75, 3.05) is 13.1 Å². The van der Waals surface area contributed by atoms with Crippen molar-refractivity contribution in [3.05, 3.63) is 37.4 Å². The lowest BCUT2D eigenvalue weighted by atomic mass is 10.1. The molecule has 1 aromatic rings. The smallest absolute Gasteiger partial charge is 0.270 e. The molecule has 1 aromatic carbocycles. The molecular weight excluding hydrogens is 361 g/mol. The van der Waals surface area contributed by atoms with E-state index in [9.17, 15) is 14.9 Å². The maximum Gasteiger partial charge on any atom is 0.270 e. The molecule has 2 rings (SSSR count). The van der Waals surface area contributed by atoms with Crippen LogP contribution in [0, 0.1) is 13.7 Å². The van der Waals surface area contributed by atoms with E-state index in [1.54, 1.807) is 0 Å². The molecule has 102 valence electrons. The van der Waals surface area contributed by atoms with Gasteiger partial charge in [-0.2, -0.15) is 0 Å². The van der Waals surface area contributed by atoms with Crippen LogP contribution in [0.3, 0.4) is 0 Å². The normalized spacial score (nSPS) is 18.9. The quantitative estimate of drug-likeness (QED) is 0.478. The van der Waals surface area contributed by atoms with Crippen LogP contribution in [0.5, 0.6) is 0 Å². The van der Waals surface area contributed by atoms with Gasteiger partial charge in [0.15, 0.2) is 0 Å². The summed E-state index contributed by atoms with van der Waals surface area (Å²) >= 11 is 1.95. The molecule has 1 aliphatic heterocycles. The SMILES string of the molecule is O=C(NC1CCCNC1)c1ccc([N+](=O)[O-])cc1I. The Balaban J connectivity index is 2.08. The van der Waals surface area contributed by atoms with Crippen molar-refractivity contribution in [1.82, 2.24) is 10.6 Å². The van der Waals surface area contributed by atoms with Crippen molar-refractivity contribution in [2.24, 2.45) is 0 Å². The number of hydrogen-bond donors (Lipinski definition) is 2. The second kappa shape index (κ2) is 6.29. The largest absolute Gasteiger partial charge is 0.348 e. The van der Waals surface area contributed by atoms with Gasteiger partial charge in [-0.3, -0.25) is 14.9 Å². The van der Waals surface area contributed by atoms with Gasteiger partial charge in [0.25, 0.3) is 11.6 Å². The third-order valence-corrected chi connectivity index (χ3v) is 3.93. The Bertz CT molecular complexity index is 501. The first kappa shape index (κ1) is 14.2. The minimum absolute atomic E-state index is 0.000262. The van der Waals surface area contributed by atoms with Gasteiger partial charge in [0, 0.05) is 28.3 Å². The zero-order chi connectivity index (χ0) is 13.8. The maximum atomic E-state index is 12.1. The van der Waals surface area contributed by atoms with Crippen LogP contribution >= 0.6 is 22.6 Å². The Hall–Kier alpha value is -1.22. The van der Waals surface area contributed by atoms with Crippen molar-refractivity contribution in [3.63, 3.8) is 0 Å². The van der Waals surface area contributed by atoms with Gasteiger partial charge in [0.1, 0.15) is 0 Å². The van der Waals surface area contributed by atoms with Gasteiger partial charge in [0.05, 0.1) is 10.5 Å². The Morgan fingerprint density at radius 1 is 1.53 bits per heavy atom. The van der Waals surface area contributed by atoms with Crippen LogP contribution in [0.4, 0.5) is 5.69 Å². The third kappa shape index (κ3) is 3.63. The average molecular weight is 375 g/mol. The summed E-state index contributed by atoms with van der Waals surface area (Å²) in [5, 5.41) is 16.8. The van der Waals surface area contributed by atoms with Crippen LogP contribution < -0.4 is 10.6 Å². The minimum Gasteiger partial charge on any atom is -0.348 e. The molecule has 7 heteroatoms. The maximum absolute atomic E-state index is 12.1. The van der Waals surface area contributed by atoms with Gasteiger partial charge in [0.2, 0.25) is 0 Å². The van der Waals surface area contributed by atoms with Crippen molar-refractivity contribution in [1.29, 1.82) is 0 Å². The molecule has 0 aliphatic carbocycles. The molecule has 0 radical (unpaired) electrons. The molecule has 1 unspecified atom stereocenters. The van der Waals surface area contributed by atoms with E-state index in [0.29, 0.717) is 9.13 Å². The standard InChI is InChI=1S/C12H14IN3O3/c13-11-6-9(16(18)19)3-4-10(11)12(17)15-8-2-1-5-14-7-8/h3-4,6,8,14H,1-2,5,7H2,(H,15,17). The molecule has 1 atom stereocenters. The van der Waals surface area contributed by atoms with Crippen LogP contribution in [0.2, 0.25) is 0 Å². The lowest BCUT2D eigenvalue weighted by Crippen LogP contribution is -2.45. The highest BCUT2D eigenvalue weighted by atomic mass is 127. The van der Waals surface area contributed by atoms with Gasteiger partial charge in [-0.1, -0.05) is 0 Å². The number of nitro benzene ring substituents is 1. The lowest BCUT2D eigenvalue weighted by Gasteiger charge is -2.23. The molecule has 0 aromatic heterocycles. The van der Waals surface area contributed by atoms with Crippen molar-refractivity contribution >= 4 is 34.2 Å². The number of benzene rings is 1. The van der Waals surface area contributed by atoms with E-state index in [4.69, 9.17) is 0 Å². The number of halogens is 1. The molecule has 0 bridgehead atoms. The molecular formula is C12H14IN3O3. The molecule has 1 aliphatic rings. The molecule has 1 heterocycles. The Morgan fingerprint density at radius 3 is 2.89 bits per heavy atom. The number of rotatable bonds is 3. The number of hydrogen-bond acceptors (Lipinski definition) is 4. The van der Waals surface area contributed by atoms with Gasteiger partial charge in [-0.15, -0.1) is 0 Å². The summed E-state index contributed by atoms with van der Waals surface area (Å²) in [5.41, 5.74) is 0.483. The van der Waals surface area contributed by atoms with E-state index in [1.807, 2.05) is 22.6 Å². The zero-order valence-corrected chi connectivity index (χ0v) is 12.3. The van der Waals surface area contributed by atoms with Crippen LogP contribution in [-0.4, -0.2) is 30.0 Å². The van der Waals surface area contributed by atoms with E-state index in [-0.39, 0.29) is 17.6 Å². The molecule has 1 saturated heterocycles. The number of carbonyl (C=O) groups is 1. The molecule has 6 nitrogen and oxygen atoms in total. The molecule has 19 heavy (non-hydrogen) atoms. The topological polar surface area (TPSA) is 84.3 Å². The summed E-state index contributed by atoms with van der Waals surface area (Å²) in [6, 6.07) is 4.41. The summed E-state index contributed by atoms with van der Waals surface area (Å²) in [4.78, 5) is 22.3. The van der Waals surface area contributed by atoms with E-state index < -0.39 is 4.92 Å². The van der Waals surface area contributed by atoms with E-state index >= 15 is 0 Å². The fraction of sp³-hybridized carbons (Fsp3) is 0.417. The summed E-state index contributed by atoms with van der Waals surface area (Å²) in [6.07, 6.45) is 2.00. The summed E-state index contributed by atoms with van der Waals surface area (Å²) in [7, 11) is 0. The second-order valence-electron chi connectivity index (χ2n) is 4.44. The number of carbonyl (C=O) groups excluding carboxylic acids is 1. The molecule has 0 saturated carbocycles. The predicted molar refractivity (Wildman–Crippen MR) is 79.2 cm³/mol. The summed E-state index contributed by atoms with van der Waals surface area (Å²) < 4.78 is 0.591. The van der Waals surface area contributed by atoms with Crippen LogP contribution in [0.1, 0.15) is 23.2 Å². The first-order chi connectivity index (χ1) is 9.08. The number of amides is 1. The Kier molecular flexibility index (Phi) is 4.70. The average Bonchev–Trinajstić information content (AvgIpc) is 2.39. The zero-order valence-electron chi connectivity index (χ0n) is 10.2. The summed E-state index contributed by atoms with van der Waals surface area (Å²) in [6.45, 7) is 1.76. The number of nitrogens with zero attached hydrogens (tertiary/aromatic N) is 1. The van der Waals surface area contributed by atoms with Gasteiger partial charge < -0.3 is 10.6 Å². The fourth-order valence-electron chi connectivity index (χ4n) is 2.04. The van der Waals surface area contributed by atoms with Gasteiger partial charge in [-0.05, 0) is 48.0 Å². The molecule has 1 fully saturated rings. The number of nitrogens with one attached hydrogen (secondary N) is 2. The van der Waals surface area contributed by atoms with Crippen LogP contribution in [-0.2, 0) is 0 Å². The predicted octanol–water partition coefficient (Wildman–Crippen LogP) is 1.68. The van der Waals surface area contributed by atoms with E-state index in [1.165, 1.54) is 18.2 Å². The number of nitro groups is 1. The molecule has 0 spiro atoms. The highest BCUT2D eigenvalue weighted by Gasteiger charge is 2.19. The monoisotopic (exact) mass is 375 g/mol. The first-order valence-corrected chi connectivity index (χ1v) is 7.11. The highest BCUT2D eigenvalue weighted by Crippen LogP contribution is 2.20. The van der Waals surface area contributed by atoms with Crippen molar-refractivity contribution in [3.8, 4) is 0 Å². The lowest BCUT2D eigenvalue weighted by molar-refractivity contribution is -0.384. The first-order valence-electron chi connectivity index (χ1n) is 6.03. The van der Waals surface area contributed by atoms with Gasteiger partial charge >= 0.3 is 0 Å². The number of non-ortho nitro benzene ring substituents is 1. The fourth-order valence-corrected chi connectivity index (χ4v) is 2.78. The molecule has 2 N–H and O–H groups in total. The number of piperidine rings is 1. The van der Waals surface area contributed by atoms with E-state index in [0.717, 1.165) is 25.9 Å². The van der Waals surface area contributed by atoms with Crippen LogP contribution in [0.15, 0.2) is 18.2 Å². The van der Waals surface area contributed by atoms with Gasteiger partial charge in [-0.25, -0.2) is 0 Å². The van der Waals surface area contributed by atoms with E-state index in [2.05, 4.69) is 10.6 Å². The Labute approximate surface area is 124 Å². The summed E-state index contributed by atoms with van der Waals surface area (Å²) in [5.74, 6) is -0.173. The second-order valence-corrected chi connectivity index (χ2v) is 5.60. The van der Waals surface area contributed by atoms with Crippen molar-refractivity contribution in [2.45, 2.75) is 18.9 Å². The van der Waals surface area contributed by atoms with Crippen molar-refractivity contribution < 1.29 is 9.72 Å². The minimum atomic E-state index is -0.463. The molecule has 1 amide bonds. The third-order valence-electron chi connectivity index (χ3n) is 3.04.